The third-order valence-corrected chi connectivity index (χ3v) is 4.60. The van der Waals surface area contributed by atoms with Crippen LogP contribution in [-0.4, -0.2) is 12.8 Å². The maximum atomic E-state index is 4.37. The molecule has 0 spiro atoms. The van der Waals surface area contributed by atoms with E-state index in [-0.39, 0.29) is 5.41 Å². The van der Waals surface area contributed by atoms with Crippen LogP contribution in [0.25, 0.3) is 0 Å². The van der Waals surface area contributed by atoms with E-state index in [1.807, 2.05) is 7.05 Å². The molecular formula is C15H29N. The highest BCUT2D eigenvalue weighted by atomic mass is 14.7. The molecule has 0 aromatic rings. The van der Waals surface area contributed by atoms with Gasteiger partial charge in [-0.3, -0.25) is 4.99 Å². The summed E-state index contributed by atoms with van der Waals surface area (Å²) in [6.07, 6.45) is 8.58. The van der Waals surface area contributed by atoms with Gasteiger partial charge in [-0.15, -0.1) is 0 Å². The van der Waals surface area contributed by atoms with E-state index in [2.05, 4.69) is 32.7 Å². The second kappa shape index (κ2) is 5.84. The minimum Gasteiger partial charge on any atom is -0.297 e. The van der Waals surface area contributed by atoms with Gasteiger partial charge in [0.2, 0.25) is 0 Å². The second-order valence-electron chi connectivity index (χ2n) is 6.27. The third kappa shape index (κ3) is 3.61. The summed E-state index contributed by atoms with van der Waals surface area (Å²) in [6, 6.07) is 0. The first-order valence-electron chi connectivity index (χ1n) is 6.91. The highest BCUT2D eigenvalue weighted by molar-refractivity contribution is 5.87. The number of rotatable bonds is 4. The Morgan fingerprint density at radius 3 is 2.31 bits per heavy atom. The van der Waals surface area contributed by atoms with Crippen molar-refractivity contribution in [2.45, 2.75) is 66.2 Å². The lowest BCUT2D eigenvalue weighted by molar-refractivity contribution is 0.217. The van der Waals surface area contributed by atoms with Gasteiger partial charge in [0.1, 0.15) is 0 Å². The van der Waals surface area contributed by atoms with Crippen molar-refractivity contribution in [3.63, 3.8) is 0 Å². The topological polar surface area (TPSA) is 12.4 Å². The Morgan fingerprint density at radius 2 is 1.81 bits per heavy atom. The van der Waals surface area contributed by atoms with Crippen LogP contribution < -0.4 is 0 Å². The van der Waals surface area contributed by atoms with Gasteiger partial charge in [-0.1, -0.05) is 52.9 Å². The molecule has 16 heavy (non-hydrogen) atoms. The maximum absolute atomic E-state index is 4.37. The van der Waals surface area contributed by atoms with E-state index in [9.17, 15) is 0 Å². The minimum absolute atomic E-state index is 0.283. The molecule has 0 N–H and O–H groups in total. The molecule has 0 bridgehead atoms. The molecule has 1 heteroatoms. The lowest BCUT2D eigenvalue weighted by Gasteiger charge is -2.34. The van der Waals surface area contributed by atoms with Crippen LogP contribution in [0, 0.1) is 17.3 Å². The van der Waals surface area contributed by atoms with Crippen LogP contribution in [0.4, 0.5) is 0 Å². The van der Waals surface area contributed by atoms with Gasteiger partial charge in [-0.05, 0) is 25.2 Å². The quantitative estimate of drug-likeness (QED) is 0.612. The second-order valence-corrected chi connectivity index (χ2v) is 6.27. The fraction of sp³-hybridized carbons (Fsp3) is 0.933. The zero-order valence-electron chi connectivity index (χ0n) is 11.8. The number of hydrogen-bond donors (Lipinski definition) is 0. The fourth-order valence-corrected chi connectivity index (χ4v) is 3.13. The van der Waals surface area contributed by atoms with Crippen molar-refractivity contribution >= 4 is 5.71 Å². The van der Waals surface area contributed by atoms with Crippen molar-refractivity contribution in [3.05, 3.63) is 0 Å². The highest BCUT2D eigenvalue weighted by Crippen LogP contribution is 2.37. The Balaban J connectivity index is 2.52. The van der Waals surface area contributed by atoms with Crippen molar-refractivity contribution in [1.29, 1.82) is 0 Å². The molecule has 1 atom stereocenters. The molecule has 0 radical (unpaired) electrons. The summed E-state index contributed by atoms with van der Waals surface area (Å²) in [7, 11) is 1.92. The first-order valence-corrected chi connectivity index (χ1v) is 6.91. The normalized spacial score (nSPS) is 22.2. The summed E-state index contributed by atoms with van der Waals surface area (Å²) >= 11 is 0. The molecule has 1 aliphatic carbocycles. The van der Waals surface area contributed by atoms with Crippen molar-refractivity contribution in [3.8, 4) is 0 Å². The van der Waals surface area contributed by atoms with Crippen LogP contribution in [0.15, 0.2) is 4.99 Å². The minimum atomic E-state index is 0.283. The molecule has 0 saturated heterocycles. The Kier molecular flexibility index (Phi) is 5.01. The zero-order valence-corrected chi connectivity index (χ0v) is 11.8. The van der Waals surface area contributed by atoms with Crippen LogP contribution in [0.3, 0.4) is 0 Å². The van der Waals surface area contributed by atoms with Crippen LogP contribution in [0.5, 0.6) is 0 Å². The highest BCUT2D eigenvalue weighted by Gasteiger charge is 2.28. The van der Waals surface area contributed by atoms with E-state index in [4.69, 9.17) is 0 Å². The standard InChI is InChI=1S/C15H29N/c1-12(14-9-7-6-8-10-14)11-15(3,4)13(2)16-5/h12,14H,6-11H2,1-5H3/b16-13+. The van der Waals surface area contributed by atoms with Gasteiger partial charge < -0.3 is 0 Å². The molecule has 1 nitrogen and oxygen atoms in total. The van der Waals surface area contributed by atoms with E-state index in [0.717, 1.165) is 11.8 Å². The van der Waals surface area contributed by atoms with E-state index in [0.29, 0.717) is 0 Å². The summed E-state index contributed by atoms with van der Waals surface area (Å²) in [5, 5.41) is 0. The van der Waals surface area contributed by atoms with Gasteiger partial charge in [0, 0.05) is 18.2 Å². The monoisotopic (exact) mass is 223 g/mol. The van der Waals surface area contributed by atoms with Gasteiger partial charge in [0.25, 0.3) is 0 Å². The summed E-state index contributed by atoms with van der Waals surface area (Å²) < 4.78 is 0. The summed E-state index contributed by atoms with van der Waals surface area (Å²) in [6.45, 7) is 9.30. The molecule has 0 amide bonds. The maximum Gasteiger partial charge on any atom is 0.0276 e. The first kappa shape index (κ1) is 13.7. The van der Waals surface area contributed by atoms with Gasteiger partial charge >= 0.3 is 0 Å². The van der Waals surface area contributed by atoms with Crippen molar-refractivity contribution in [1.82, 2.24) is 0 Å². The number of aliphatic imine (C=N–C) groups is 1. The lowest BCUT2D eigenvalue weighted by atomic mass is 9.72. The molecule has 1 unspecified atom stereocenters. The van der Waals surface area contributed by atoms with Crippen LogP contribution in [-0.2, 0) is 0 Å². The smallest absolute Gasteiger partial charge is 0.0276 e. The van der Waals surface area contributed by atoms with Crippen LogP contribution in [0.1, 0.15) is 66.2 Å². The molecule has 94 valence electrons. The molecule has 1 aliphatic rings. The summed E-state index contributed by atoms with van der Waals surface area (Å²) in [4.78, 5) is 4.37. The molecule has 0 aliphatic heterocycles. The van der Waals surface area contributed by atoms with Gasteiger partial charge in [0.05, 0.1) is 0 Å². The average Bonchev–Trinajstić information content (AvgIpc) is 2.28. The Bertz CT molecular complexity index is 234. The van der Waals surface area contributed by atoms with Gasteiger partial charge in [0.15, 0.2) is 0 Å². The zero-order chi connectivity index (χ0) is 12.2. The molecule has 1 saturated carbocycles. The van der Waals surface area contributed by atoms with E-state index in [1.165, 1.54) is 44.2 Å². The van der Waals surface area contributed by atoms with Crippen molar-refractivity contribution < 1.29 is 0 Å². The largest absolute Gasteiger partial charge is 0.297 e. The summed E-state index contributed by atoms with van der Waals surface area (Å²) in [5.74, 6) is 1.82. The van der Waals surface area contributed by atoms with E-state index < -0.39 is 0 Å². The van der Waals surface area contributed by atoms with Crippen LogP contribution in [0.2, 0.25) is 0 Å². The predicted octanol–water partition coefficient (Wildman–Crippen LogP) is 4.71. The van der Waals surface area contributed by atoms with Gasteiger partial charge in [-0.2, -0.15) is 0 Å². The van der Waals surface area contributed by atoms with Crippen molar-refractivity contribution in [2.24, 2.45) is 22.2 Å². The van der Waals surface area contributed by atoms with E-state index in [1.54, 1.807) is 0 Å². The number of hydrogen-bond acceptors (Lipinski definition) is 1. The fourth-order valence-electron chi connectivity index (χ4n) is 3.13. The number of nitrogens with zero attached hydrogens (tertiary/aromatic N) is 1. The summed E-state index contributed by atoms with van der Waals surface area (Å²) in [5.41, 5.74) is 1.58. The van der Waals surface area contributed by atoms with Crippen LogP contribution >= 0.6 is 0 Å². The van der Waals surface area contributed by atoms with Crippen molar-refractivity contribution in [2.75, 3.05) is 7.05 Å². The molecule has 0 aromatic heterocycles. The predicted molar refractivity (Wildman–Crippen MR) is 73.2 cm³/mol. The van der Waals surface area contributed by atoms with Gasteiger partial charge in [-0.25, -0.2) is 0 Å². The molecular weight excluding hydrogens is 194 g/mol. The third-order valence-electron chi connectivity index (χ3n) is 4.60. The Morgan fingerprint density at radius 1 is 1.25 bits per heavy atom. The molecule has 1 rings (SSSR count). The molecule has 1 fully saturated rings. The first-order chi connectivity index (χ1) is 7.47. The van der Waals surface area contributed by atoms with E-state index >= 15 is 0 Å². The lowest BCUT2D eigenvalue weighted by Crippen LogP contribution is -2.28. The molecule has 0 aromatic carbocycles. The SMILES string of the molecule is C/N=C(\C)C(C)(C)CC(C)C1CCCCC1. The average molecular weight is 223 g/mol. The Labute approximate surface area is 102 Å². The Hall–Kier alpha value is -0.330. The molecule has 0 heterocycles.